The van der Waals surface area contributed by atoms with E-state index in [1.807, 2.05) is 0 Å². The van der Waals surface area contributed by atoms with Gasteiger partial charge in [-0.3, -0.25) is 10.1 Å². The number of amides is 2. The van der Waals surface area contributed by atoms with Crippen molar-refractivity contribution in [2.75, 3.05) is 31.6 Å². The number of nitrogens with one attached hydrogen (secondary N) is 1. The first-order valence-electron chi connectivity index (χ1n) is 6.22. The number of carbonyl (C=O) groups excluding carboxylic acids is 1. The fourth-order valence-electron chi connectivity index (χ4n) is 1.95. The first kappa shape index (κ1) is 14.2. The quantitative estimate of drug-likeness (QED) is 0.628. The minimum Gasteiger partial charge on any atom is -0.373 e. The molecule has 1 atom stereocenters. The minimum absolute atomic E-state index is 0.0652. The Bertz CT molecular complexity index is 508. The smallest absolute Gasteiger partial charge is 0.322 e. The van der Waals surface area contributed by atoms with Gasteiger partial charge in [0.1, 0.15) is 0 Å². The summed E-state index contributed by atoms with van der Waals surface area (Å²) in [5.74, 6) is 0. The van der Waals surface area contributed by atoms with Crippen LogP contribution in [0.25, 0.3) is 0 Å². The molecular weight excluding hydrogens is 264 g/mol. The molecule has 2 rings (SSSR count). The Hall–Kier alpha value is -2.19. The van der Waals surface area contributed by atoms with E-state index in [1.54, 1.807) is 11.0 Å². The number of morpholine rings is 1. The summed E-state index contributed by atoms with van der Waals surface area (Å²) in [4.78, 5) is 23.8. The average molecular weight is 280 g/mol. The lowest BCUT2D eigenvalue weighted by Gasteiger charge is -2.32. The van der Waals surface area contributed by atoms with E-state index in [0.29, 0.717) is 31.9 Å². The number of anilines is 1. The van der Waals surface area contributed by atoms with Gasteiger partial charge < -0.3 is 20.7 Å². The van der Waals surface area contributed by atoms with Crippen molar-refractivity contribution < 1.29 is 14.5 Å². The van der Waals surface area contributed by atoms with Gasteiger partial charge in [-0.05, 0) is 6.07 Å². The fraction of sp³-hybridized carbons (Fsp3) is 0.417. The van der Waals surface area contributed by atoms with Gasteiger partial charge in [0.15, 0.2) is 0 Å². The molecule has 1 heterocycles. The molecule has 0 bridgehead atoms. The highest BCUT2D eigenvalue weighted by Gasteiger charge is 2.23. The van der Waals surface area contributed by atoms with Crippen LogP contribution in [0.15, 0.2) is 24.3 Å². The maximum Gasteiger partial charge on any atom is 0.322 e. The van der Waals surface area contributed by atoms with Crippen molar-refractivity contribution in [3.8, 4) is 0 Å². The molecule has 3 N–H and O–H groups in total. The number of carbonyl (C=O) groups is 1. The molecule has 8 nitrogen and oxygen atoms in total. The number of urea groups is 1. The Morgan fingerprint density at radius 1 is 1.60 bits per heavy atom. The van der Waals surface area contributed by atoms with Crippen molar-refractivity contribution in [1.29, 1.82) is 0 Å². The van der Waals surface area contributed by atoms with Crippen LogP contribution in [0.1, 0.15) is 0 Å². The molecule has 1 unspecified atom stereocenters. The third kappa shape index (κ3) is 3.43. The first-order chi connectivity index (χ1) is 9.60. The van der Waals surface area contributed by atoms with Crippen LogP contribution in [0.4, 0.5) is 16.2 Å². The first-order valence-corrected chi connectivity index (χ1v) is 6.22. The van der Waals surface area contributed by atoms with Gasteiger partial charge in [-0.25, -0.2) is 4.79 Å². The minimum atomic E-state index is -0.505. The van der Waals surface area contributed by atoms with Gasteiger partial charge >= 0.3 is 6.03 Å². The number of nitrogens with zero attached hydrogens (tertiary/aromatic N) is 2. The largest absolute Gasteiger partial charge is 0.373 e. The molecule has 1 saturated heterocycles. The summed E-state index contributed by atoms with van der Waals surface area (Å²) < 4.78 is 5.37. The lowest BCUT2D eigenvalue weighted by atomic mass is 10.2. The van der Waals surface area contributed by atoms with Gasteiger partial charge in [-0.1, -0.05) is 6.07 Å². The van der Waals surface area contributed by atoms with Crippen LogP contribution < -0.4 is 11.1 Å². The zero-order valence-electron chi connectivity index (χ0n) is 10.8. The van der Waals surface area contributed by atoms with Gasteiger partial charge in [0.2, 0.25) is 0 Å². The van der Waals surface area contributed by atoms with Crippen LogP contribution in [0.2, 0.25) is 0 Å². The molecule has 1 aromatic rings. The molecule has 1 fully saturated rings. The molecule has 0 spiro atoms. The summed E-state index contributed by atoms with van der Waals surface area (Å²) in [5.41, 5.74) is 5.84. The van der Waals surface area contributed by atoms with Crippen molar-refractivity contribution in [3.63, 3.8) is 0 Å². The summed E-state index contributed by atoms with van der Waals surface area (Å²) in [7, 11) is 0. The van der Waals surface area contributed by atoms with Crippen LogP contribution in [-0.4, -0.2) is 48.2 Å². The average Bonchev–Trinajstić information content (AvgIpc) is 2.47. The second kappa shape index (κ2) is 6.31. The van der Waals surface area contributed by atoms with Crippen molar-refractivity contribution in [2.24, 2.45) is 5.73 Å². The Morgan fingerprint density at radius 3 is 3.10 bits per heavy atom. The van der Waals surface area contributed by atoms with Crippen LogP contribution >= 0.6 is 0 Å². The molecule has 1 aromatic carbocycles. The lowest BCUT2D eigenvalue weighted by molar-refractivity contribution is -0.384. The Morgan fingerprint density at radius 2 is 2.40 bits per heavy atom. The van der Waals surface area contributed by atoms with E-state index in [2.05, 4.69) is 5.32 Å². The van der Waals surface area contributed by atoms with Crippen LogP contribution in [0.5, 0.6) is 0 Å². The molecule has 1 aliphatic heterocycles. The Balaban J connectivity index is 2.00. The molecule has 0 aliphatic carbocycles. The zero-order valence-corrected chi connectivity index (χ0v) is 10.8. The normalized spacial score (nSPS) is 18.6. The van der Waals surface area contributed by atoms with Crippen LogP contribution in [0, 0.1) is 10.1 Å². The maximum absolute atomic E-state index is 12.1. The molecule has 8 heteroatoms. The standard InChI is InChI=1S/C12H16N4O4/c13-7-11-8-15(4-5-20-11)12(17)14-9-2-1-3-10(6-9)16(18)19/h1-3,6,11H,4-5,7-8,13H2,(H,14,17). The van der Waals surface area contributed by atoms with Crippen molar-refractivity contribution in [1.82, 2.24) is 4.90 Å². The number of ether oxygens (including phenoxy) is 1. The highest BCUT2D eigenvalue weighted by atomic mass is 16.6. The van der Waals surface area contributed by atoms with Gasteiger partial charge in [0.25, 0.3) is 5.69 Å². The molecule has 0 aromatic heterocycles. The van der Waals surface area contributed by atoms with E-state index >= 15 is 0 Å². The van der Waals surface area contributed by atoms with E-state index in [-0.39, 0.29) is 17.8 Å². The number of rotatable bonds is 3. The predicted molar refractivity (Wildman–Crippen MR) is 72.5 cm³/mol. The number of nitro benzene ring substituents is 1. The fourth-order valence-corrected chi connectivity index (χ4v) is 1.95. The summed E-state index contributed by atoms with van der Waals surface area (Å²) in [6.45, 7) is 1.67. The molecule has 0 radical (unpaired) electrons. The van der Waals surface area contributed by atoms with E-state index in [9.17, 15) is 14.9 Å². The Labute approximate surface area is 115 Å². The van der Waals surface area contributed by atoms with Crippen molar-refractivity contribution in [3.05, 3.63) is 34.4 Å². The number of hydrogen-bond acceptors (Lipinski definition) is 5. The van der Waals surface area contributed by atoms with Crippen LogP contribution in [0.3, 0.4) is 0 Å². The second-order valence-electron chi connectivity index (χ2n) is 4.41. The van der Waals surface area contributed by atoms with Gasteiger partial charge in [-0.2, -0.15) is 0 Å². The number of hydrogen-bond donors (Lipinski definition) is 2. The lowest BCUT2D eigenvalue weighted by Crippen LogP contribution is -2.49. The summed E-state index contributed by atoms with van der Waals surface area (Å²) in [6, 6.07) is 5.50. The molecule has 2 amide bonds. The highest BCUT2D eigenvalue weighted by Crippen LogP contribution is 2.17. The summed E-state index contributed by atoms with van der Waals surface area (Å²) >= 11 is 0. The number of benzene rings is 1. The maximum atomic E-state index is 12.1. The molecule has 20 heavy (non-hydrogen) atoms. The van der Waals surface area contributed by atoms with E-state index < -0.39 is 4.92 Å². The third-order valence-electron chi connectivity index (χ3n) is 3.00. The van der Waals surface area contributed by atoms with Gasteiger partial charge in [0, 0.05) is 37.5 Å². The monoisotopic (exact) mass is 280 g/mol. The van der Waals surface area contributed by atoms with E-state index in [0.717, 1.165) is 0 Å². The SMILES string of the molecule is NCC1CN(C(=O)Nc2cccc([N+](=O)[O-])c2)CCO1. The summed E-state index contributed by atoms with van der Waals surface area (Å²) in [5, 5.41) is 13.3. The van der Waals surface area contributed by atoms with Crippen molar-refractivity contribution >= 4 is 17.4 Å². The number of non-ortho nitro benzene ring substituents is 1. The van der Waals surface area contributed by atoms with E-state index in [1.165, 1.54) is 18.2 Å². The predicted octanol–water partition coefficient (Wildman–Crippen LogP) is 0.786. The zero-order chi connectivity index (χ0) is 14.5. The second-order valence-corrected chi connectivity index (χ2v) is 4.41. The number of nitro groups is 1. The molecule has 1 aliphatic rings. The Kier molecular flexibility index (Phi) is 4.49. The van der Waals surface area contributed by atoms with E-state index in [4.69, 9.17) is 10.5 Å². The van der Waals surface area contributed by atoms with Crippen LogP contribution in [-0.2, 0) is 4.74 Å². The molecule has 0 saturated carbocycles. The summed E-state index contributed by atoms with van der Waals surface area (Å²) in [6.07, 6.45) is -0.167. The molecular formula is C12H16N4O4. The highest BCUT2D eigenvalue weighted by molar-refractivity contribution is 5.89. The van der Waals surface area contributed by atoms with Gasteiger partial charge in [0.05, 0.1) is 17.6 Å². The number of nitrogens with two attached hydrogens (primary N) is 1. The molecule has 108 valence electrons. The van der Waals surface area contributed by atoms with Gasteiger partial charge in [-0.15, -0.1) is 0 Å². The topological polar surface area (TPSA) is 111 Å². The van der Waals surface area contributed by atoms with Crippen molar-refractivity contribution in [2.45, 2.75) is 6.10 Å². The third-order valence-corrected chi connectivity index (χ3v) is 3.00.